The van der Waals surface area contributed by atoms with E-state index in [0.717, 1.165) is 17.7 Å². The molecule has 3 nitrogen and oxygen atoms in total. The number of carbonyl (C=O) groups is 1. The first-order valence-electron chi connectivity index (χ1n) is 6.90. The standard InChI is InChI=1S/C17H16F2O3/c1-2-21-16(20)10-13-8-14(18)17(15(19)9-13)22-11-12-6-4-3-5-7-12/h3-9H,2,10-11H2,1H3. The number of halogens is 2. The zero-order valence-electron chi connectivity index (χ0n) is 12.1. The van der Waals surface area contributed by atoms with Gasteiger partial charge in [-0.15, -0.1) is 0 Å². The normalized spacial score (nSPS) is 10.3. The molecule has 2 aromatic carbocycles. The predicted octanol–water partition coefficient (Wildman–Crippen LogP) is 3.65. The molecule has 22 heavy (non-hydrogen) atoms. The van der Waals surface area contributed by atoms with Gasteiger partial charge in [0.05, 0.1) is 13.0 Å². The maximum Gasteiger partial charge on any atom is 0.310 e. The van der Waals surface area contributed by atoms with Crippen LogP contribution >= 0.6 is 0 Å². The summed E-state index contributed by atoms with van der Waals surface area (Å²) in [4.78, 5) is 11.3. The molecule has 0 heterocycles. The summed E-state index contributed by atoms with van der Waals surface area (Å²) in [6, 6.07) is 11.2. The first kappa shape index (κ1) is 15.9. The van der Waals surface area contributed by atoms with E-state index in [1.54, 1.807) is 19.1 Å². The van der Waals surface area contributed by atoms with Gasteiger partial charge in [0.2, 0.25) is 0 Å². The second-order valence-corrected chi connectivity index (χ2v) is 4.64. The zero-order valence-corrected chi connectivity index (χ0v) is 12.1. The van der Waals surface area contributed by atoms with Crippen molar-refractivity contribution >= 4 is 5.97 Å². The van der Waals surface area contributed by atoms with Crippen LogP contribution in [0.25, 0.3) is 0 Å². The van der Waals surface area contributed by atoms with E-state index >= 15 is 0 Å². The number of ether oxygens (including phenoxy) is 2. The molecule has 0 saturated carbocycles. The van der Waals surface area contributed by atoms with Crippen LogP contribution in [0.2, 0.25) is 0 Å². The average Bonchev–Trinajstić information content (AvgIpc) is 2.47. The minimum atomic E-state index is -0.838. The van der Waals surface area contributed by atoms with Crippen molar-refractivity contribution in [2.75, 3.05) is 6.61 Å². The van der Waals surface area contributed by atoms with Gasteiger partial charge in [-0.25, -0.2) is 8.78 Å². The van der Waals surface area contributed by atoms with Crippen LogP contribution in [0.5, 0.6) is 5.75 Å². The third-order valence-electron chi connectivity index (χ3n) is 2.94. The van der Waals surface area contributed by atoms with Gasteiger partial charge < -0.3 is 9.47 Å². The molecule has 116 valence electrons. The molecule has 5 heteroatoms. The largest absolute Gasteiger partial charge is 0.483 e. The van der Waals surface area contributed by atoms with Crippen LogP contribution in [0.1, 0.15) is 18.1 Å². The summed E-state index contributed by atoms with van der Waals surface area (Å²) in [6.45, 7) is 1.95. The number of rotatable bonds is 6. The Morgan fingerprint density at radius 3 is 2.27 bits per heavy atom. The fraction of sp³-hybridized carbons (Fsp3) is 0.235. The van der Waals surface area contributed by atoms with Crippen molar-refractivity contribution < 1.29 is 23.0 Å². The van der Waals surface area contributed by atoms with E-state index in [1.807, 2.05) is 18.2 Å². The molecule has 0 spiro atoms. The molecule has 0 aliphatic heterocycles. The van der Waals surface area contributed by atoms with Crippen molar-refractivity contribution in [2.45, 2.75) is 20.0 Å². The molecule has 0 amide bonds. The summed E-state index contributed by atoms with van der Waals surface area (Å²) in [5.41, 5.74) is 1.01. The van der Waals surface area contributed by atoms with Crippen molar-refractivity contribution in [3.8, 4) is 5.75 Å². The van der Waals surface area contributed by atoms with Crippen LogP contribution in [0.4, 0.5) is 8.78 Å². The van der Waals surface area contributed by atoms with Gasteiger partial charge in [0.15, 0.2) is 17.4 Å². The van der Waals surface area contributed by atoms with Crippen molar-refractivity contribution in [3.05, 3.63) is 65.2 Å². The molecule has 0 unspecified atom stereocenters. The molecular formula is C17H16F2O3. The molecule has 0 aromatic heterocycles. The third-order valence-corrected chi connectivity index (χ3v) is 2.94. The first-order valence-corrected chi connectivity index (χ1v) is 6.90. The Kier molecular flexibility index (Phi) is 5.47. The second-order valence-electron chi connectivity index (χ2n) is 4.64. The lowest BCUT2D eigenvalue weighted by Gasteiger charge is -2.10. The third kappa shape index (κ3) is 4.28. The van der Waals surface area contributed by atoms with E-state index in [9.17, 15) is 13.6 Å². The number of benzene rings is 2. The summed E-state index contributed by atoms with van der Waals surface area (Å²) < 4.78 is 37.8. The quantitative estimate of drug-likeness (QED) is 0.764. The highest BCUT2D eigenvalue weighted by atomic mass is 19.1. The van der Waals surface area contributed by atoms with E-state index in [0.29, 0.717) is 0 Å². The molecule has 0 bridgehead atoms. The summed E-state index contributed by atoms with van der Waals surface area (Å²) in [6.07, 6.45) is -0.180. The highest BCUT2D eigenvalue weighted by Gasteiger charge is 2.15. The predicted molar refractivity (Wildman–Crippen MR) is 77.5 cm³/mol. The van der Waals surface area contributed by atoms with Gasteiger partial charge in [0.1, 0.15) is 6.61 Å². The van der Waals surface area contributed by atoms with Crippen molar-refractivity contribution in [1.82, 2.24) is 0 Å². The topological polar surface area (TPSA) is 35.5 Å². The van der Waals surface area contributed by atoms with Crippen LogP contribution in [-0.4, -0.2) is 12.6 Å². The van der Waals surface area contributed by atoms with Crippen molar-refractivity contribution in [2.24, 2.45) is 0 Å². The van der Waals surface area contributed by atoms with Gasteiger partial charge in [0.25, 0.3) is 0 Å². The summed E-state index contributed by atoms with van der Waals surface area (Å²) in [5, 5.41) is 0. The monoisotopic (exact) mass is 306 g/mol. The minimum absolute atomic E-state index is 0.0614. The van der Waals surface area contributed by atoms with E-state index in [4.69, 9.17) is 9.47 Å². The Morgan fingerprint density at radius 1 is 1.05 bits per heavy atom. The molecule has 0 aliphatic rings. The molecule has 0 radical (unpaired) electrons. The molecule has 2 rings (SSSR count). The minimum Gasteiger partial charge on any atom is -0.483 e. The molecular weight excluding hydrogens is 290 g/mol. The molecule has 2 aromatic rings. The number of hydrogen-bond acceptors (Lipinski definition) is 3. The fourth-order valence-corrected chi connectivity index (χ4v) is 1.96. The Hall–Kier alpha value is -2.43. The summed E-state index contributed by atoms with van der Waals surface area (Å²) >= 11 is 0. The van der Waals surface area contributed by atoms with E-state index in [2.05, 4.69) is 0 Å². The van der Waals surface area contributed by atoms with E-state index in [-0.39, 0.29) is 25.2 Å². The van der Waals surface area contributed by atoms with Crippen LogP contribution in [0.15, 0.2) is 42.5 Å². The Morgan fingerprint density at radius 2 is 1.68 bits per heavy atom. The van der Waals surface area contributed by atoms with Crippen molar-refractivity contribution in [3.63, 3.8) is 0 Å². The van der Waals surface area contributed by atoms with Crippen LogP contribution in [0.3, 0.4) is 0 Å². The van der Waals surface area contributed by atoms with Crippen LogP contribution < -0.4 is 4.74 Å². The van der Waals surface area contributed by atoms with Gasteiger partial charge in [-0.3, -0.25) is 4.79 Å². The Bertz CT molecular complexity index is 619. The number of hydrogen-bond donors (Lipinski definition) is 0. The fourth-order valence-electron chi connectivity index (χ4n) is 1.96. The lowest BCUT2D eigenvalue weighted by Crippen LogP contribution is -2.08. The van der Waals surface area contributed by atoms with Gasteiger partial charge in [-0.2, -0.15) is 0 Å². The van der Waals surface area contributed by atoms with Crippen molar-refractivity contribution in [1.29, 1.82) is 0 Å². The Labute approximate surface area is 127 Å². The highest BCUT2D eigenvalue weighted by molar-refractivity contribution is 5.72. The average molecular weight is 306 g/mol. The number of carbonyl (C=O) groups excluding carboxylic acids is 1. The van der Waals surface area contributed by atoms with Crippen LogP contribution in [-0.2, 0) is 22.6 Å². The smallest absolute Gasteiger partial charge is 0.310 e. The summed E-state index contributed by atoms with van der Waals surface area (Å²) in [7, 11) is 0. The highest BCUT2D eigenvalue weighted by Crippen LogP contribution is 2.24. The van der Waals surface area contributed by atoms with Gasteiger partial charge in [-0.05, 0) is 30.2 Å². The molecule has 0 aliphatic carbocycles. The molecule has 0 fully saturated rings. The lowest BCUT2D eigenvalue weighted by molar-refractivity contribution is -0.142. The maximum absolute atomic E-state index is 13.9. The molecule has 0 atom stereocenters. The van der Waals surface area contributed by atoms with Gasteiger partial charge in [-0.1, -0.05) is 30.3 Å². The van der Waals surface area contributed by atoms with E-state index in [1.165, 1.54) is 0 Å². The van der Waals surface area contributed by atoms with Gasteiger partial charge >= 0.3 is 5.97 Å². The summed E-state index contributed by atoms with van der Waals surface area (Å²) in [5.74, 6) is -2.65. The SMILES string of the molecule is CCOC(=O)Cc1cc(F)c(OCc2ccccc2)c(F)c1. The maximum atomic E-state index is 13.9. The first-order chi connectivity index (χ1) is 10.6. The zero-order chi connectivity index (χ0) is 15.9. The molecule has 0 N–H and O–H groups in total. The lowest BCUT2D eigenvalue weighted by atomic mass is 10.1. The Balaban J connectivity index is 2.08. The second kappa shape index (κ2) is 7.54. The number of esters is 1. The van der Waals surface area contributed by atoms with Crippen LogP contribution in [0, 0.1) is 11.6 Å². The van der Waals surface area contributed by atoms with E-state index < -0.39 is 23.4 Å². The molecule has 0 saturated heterocycles. The van der Waals surface area contributed by atoms with Gasteiger partial charge in [0, 0.05) is 0 Å².